The van der Waals surface area contributed by atoms with Crippen LogP contribution in [0.25, 0.3) is 0 Å². The zero-order valence-electron chi connectivity index (χ0n) is 20.4. The molecule has 192 valence electrons. The van der Waals surface area contributed by atoms with Crippen molar-refractivity contribution in [2.45, 2.75) is 42.5 Å². The fourth-order valence-electron chi connectivity index (χ4n) is 4.20. The number of nitrogens with zero attached hydrogens (tertiary/aromatic N) is 1. The zero-order chi connectivity index (χ0) is 26.7. The van der Waals surface area contributed by atoms with E-state index in [9.17, 15) is 23.2 Å². The third-order valence-corrected chi connectivity index (χ3v) is 7.54. The molecule has 1 heterocycles. The number of thioether (sulfide) groups is 1. The maximum Gasteiger partial charge on any atom is 0.249 e. The van der Waals surface area contributed by atoms with E-state index in [-0.39, 0.29) is 11.5 Å². The third-order valence-electron chi connectivity index (χ3n) is 6.15. The van der Waals surface area contributed by atoms with Crippen LogP contribution in [0.5, 0.6) is 0 Å². The number of carbonyl (C=O) groups is 3. The number of hydrogen-bond donors (Lipinski definition) is 2. The molecule has 0 fully saturated rings. The smallest absolute Gasteiger partial charge is 0.249 e. The van der Waals surface area contributed by atoms with Crippen LogP contribution in [0.4, 0.5) is 14.5 Å². The van der Waals surface area contributed by atoms with E-state index in [0.717, 1.165) is 27.5 Å². The van der Waals surface area contributed by atoms with Gasteiger partial charge in [-0.25, -0.2) is 8.78 Å². The van der Waals surface area contributed by atoms with Crippen LogP contribution in [0.2, 0.25) is 0 Å². The summed E-state index contributed by atoms with van der Waals surface area (Å²) < 4.78 is 27.7. The molecule has 37 heavy (non-hydrogen) atoms. The number of carbonyl (C=O) groups excluding carboxylic acids is 3. The number of rotatable bonds is 6. The van der Waals surface area contributed by atoms with E-state index < -0.39 is 53.1 Å². The van der Waals surface area contributed by atoms with Crippen molar-refractivity contribution in [3.05, 3.63) is 95.6 Å². The predicted molar refractivity (Wildman–Crippen MR) is 139 cm³/mol. The molecule has 4 rings (SSSR count). The molecule has 1 aliphatic heterocycles. The summed E-state index contributed by atoms with van der Waals surface area (Å²) in [4.78, 5) is 42.8. The van der Waals surface area contributed by atoms with Crippen LogP contribution < -0.4 is 11.1 Å². The van der Waals surface area contributed by atoms with Crippen LogP contribution in [0.3, 0.4) is 0 Å². The Morgan fingerprint density at radius 2 is 1.62 bits per heavy atom. The van der Waals surface area contributed by atoms with Crippen molar-refractivity contribution in [3.63, 3.8) is 0 Å². The van der Waals surface area contributed by atoms with Crippen molar-refractivity contribution in [1.82, 2.24) is 4.90 Å². The van der Waals surface area contributed by atoms with Gasteiger partial charge in [-0.05, 0) is 41.3 Å². The van der Waals surface area contributed by atoms with Gasteiger partial charge in [0.25, 0.3) is 0 Å². The number of nitrogens with one attached hydrogen (secondary N) is 1. The lowest BCUT2D eigenvalue weighted by molar-refractivity contribution is -0.152. The van der Waals surface area contributed by atoms with Crippen LogP contribution in [0.15, 0.2) is 77.7 Å². The van der Waals surface area contributed by atoms with Crippen LogP contribution in [-0.4, -0.2) is 34.7 Å². The second-order valence-corrected chi connectivity index (χ2v) is 10.4. The first-order chi connectivity index (χ1) is 17.7. The first-order valence-electron chi connectivity index (χ1n) is 11.8. The molecule has 9 heteroatoms. The predicted octanol–water partition coefficient (Wildman–Crippen LogP) is 4.70. The molecule has 3 atom stereocenters. The highest BCUT2D eigenvalue weighted by molar-refractivity contribution is 7.99. The highest BCUT2D eigenvalue weighted by Gasteiger charge is 2.44. The number of para-hydroxylation sites is 1. The Balaban J connectivity index is 1.83. The molecule has 3 aromatic rings. The first-order valence-corrected chi connectivity index (χ1v) is 12.7. The summed E-state index contributed by atoms with van der Waals surface area (Å²) in [6.07, 6.45) is -0.492. The van der Waals surface area contributed by atoms with Gasteiger partial charge in [-0.15, -0.1) is 11.8 Å². The normalized spacial score (nSPS) is 17.9. The average molecular weight is 524 g/mol. The fraction of sp³-hybridized carbons (Fsp3) is 0.250. The molecule has 0 saturated carbocycles. The van der Waals surface area contributed by atoms with Crippen molar-refractivity contribution in [3.8, 4) is 0 Å². The maximum absolute atomic E-state index is 13.9. The number of anilines is 1. The Morgan fingerprint density at radius 3 is 2.27 bits per heavy atom. The summed E-state index contributed by atoms with van der Waals surface area (Å²) in [6.45, 7) is 3.47. The molecule has 3 aromatic carbocycles. The monoisotopic (exact) mass is 523 g/mol. The fourth-order valence-corrected chi connectivity index (χ4v) is 5.54. The van der Waals surface area contributed by atoms with Gasteiger partial charge in [-0.3, -0.25) is 19.3 Å². The van der Waals surface area contributed by atoms with Gasteiger partial charge in [0.15, 0.2) is 0 Å². The van der Waals surface area contributed by atoms with Crippen molar-refractivity contribution in [1.29, 1.82) is 0 Å². The lowest BCUT2D eigenvalue weighted by atomic mass is 9.98. The van der Waals surface area contributed by atoms with Crippen molar-refractivity contribution in [2.75, 3.05) is 5.32 Å². The average Bonchev–Trinajstić information content (AvgIpc) is 2.99. The lowest BCUT2D eigenvalue weighted by Crippen LogP contribution is -2.58. The molecule has 3 N–H and O–H groups in total. The minimum atomic E-state index is -1.27. The van der Waals surface area contributed by atoms with E-state index in [1.54, 1.807) is 26.0 Å². The minimum absolute atomic E-state index is 0.0413. The number of benzene rings is 3. The van der Waals surface area contributed by atoms with Gasteiger partial charge in [0.05, 0.1) is 23.4 Å². The van der Waals surface area contributed by atoms with Gasteiger partial charge < -0.3 is 11.1 Å². The summed E-state index contributed by atoms with van der Waals surface area (Å²) in [5, 5.41) is 2.18. The molecular weight excluding hydrogens is 496 g/mol. The quantitative estimate of drug-likeness (QED) is 0.489. The Hall–Kier alpha value is -3.56. The standard InChI is InChI=1S/C28H27F2N3O3S/c1-16(2)24(31)28(36)33(23(34)14-17-12-19(29)15-20(30)13-17)25-26(18-8-4-3-5-9-18)37-22-11-7-6-10-21(22)32-27(25)35/h3-13,15-16,24-26H,14,31H2,1-2H3,(H,32,35)/t24-,25-,26+/m0/s1. The van der Waals surface area contributed by atoms with Crippen molar-refractivity contribution in [2.24, 2.45) is 11.7 Å². The van der Waals surface area contributed by atoms with E-state index in [1.165, 1.54) is 11.8 Å². The van der Waals surface area contributed by atoms with Crippen LogP contribution in [-0.2, 0) is 20.8 Å². The topological polar surface area (TPSA) is 92.5 Å². The summed E-state index contributed by atoms with van der Waals surface area (Å²) in [5.41, 5.74) is 7.52. The third kappa shape index (κ3) is 5.89. The van der Waals surface area contributed by atoms with Gasteiger partial charge >= 0.3 is 0 Å². The Kier molecular flexibility index (Phi) is 8.04. The highest BCUT2D eigenvalue weighted by Crippen LogP contribution is 2.45. The summed E-state index contributed by atoms with van der Waals surface area (Å²) in [5.74, 6) is -4.10. The number of halogens is 2. The Morgan fingerprint density at radius 1 is 1.00 bits per heavy atom. The Labute approximate surface area is 218 Å². The van der Waals surface area contributed by atoms with Crippen molar-refractivity contribution >= 4 is 35.2 Å². The van der Waals surface area contributed by atoms with E-state index in [4.69, 9.17) is 5.73 Å². The SMILES string of the molecule is CC(C)[C@H](N)C(=O)N(C(=O)Cc1cc(F)cc(F)c1)[C@@H]1C(=O)Nc2ccccc2S[C@@H]1c1ccccc1. The van der Waals surface area contributed by atoms with E-state index in [2.05, 4.69) is 5.32 Å². The summed E-state index contributed by atoms with van der Waals surface area (Å²) in [7, 11) is 0. The summed E-state index contributed by atoms with van der Waals surface area (Å²) >= 11 is 1.35. The van der Waals surface area contributed by atoms with Crippen LogP contribution >= 0.6 is 11.8 Å². The van der Waals surface area contributed by atoms with Gasteiger partial charge in [0.1, 0.15) is 17.7 Å². The maximum atomic E-state index is 13.9. The Bertz CT molecular complexity index is 1300. The lowest BCUT2D eigenvalue weighted by Gasteiger charge is -2.35. The molecule has 0 radical (unpaired) electrons. The van der Waals surface area contributed by atoms with Gasteiger partial charge in [-0.2, -0.15) is 0 Å². The van der Waals surface area contributed by atoms with E-state index in [1.807, 2.05) is 42.5 Å². The van der Waals surface area contributed by atoms with Gasteiger partial charge in [0.2, 0.25) is 17.7 Å². The molecule has 3 amide bonds. The number of amides is 3. The molecular formula is C28H27F2N3O3S. The van der Waals surface area contributed by atoms with Crippen LogP contribution in [0, 0.1) is 17.6 Å². The summed E-state index contributed by atoms with van der Waals surface area (Å²) in [6, 6.07) is 16.7. The van der Waals surface area contributed by atoms with Crippen molar-refractivity contribution < 1.29 is 23.2 Å². The molecule has 0 aromatic heterocycles. The minimum Gasteiger partial charge on any atom is -0.323 e. The molecule has 0 aliphatic carbocycles. The number of fused-ring (bicyclic) bond motifs is 1. The number of nitrogens with two attached hydrogens (primary N) is 1. The molecule has 0 bridgehead atoms. The molecule has 0 spiro atoms. The zero-order valence-corrected chi connectivity index (χ0v) is 21.2. The van der Waals surface area contributed by atoms with E-state index in [0.29, 0.717) is 11.8 Å². The highest BCUT2D eigenvalue weighted by atomic mass is 32.2. The van der Waals surface area contributed by atoms with Crippen LogP contribution in [0.1, 0.15) is 30.2 Å². The number of imide groups is 1. The first kappa shape index (κ1) is 26.5. The molecule has 0 unspecified atom stereocenters. The molecule has 0 saturated heterocycles. The van der Waals surface area contributed by atoms with Gasteiger partial charge in [0, 0.05) is 11.0 Å². The second-order valence-electron chi connectivity index (χ2n) is 9.21. The van der Waals surface area contributed by atoms with E-state index >= 15 is 0 Å². The molecule has 1 aliphatic rings. The number of hydrogen-bond acceptors (Lipinski definition) is 5. The second kappa shape index (κ2) is 11.2. The van der Waals surface area contributed by atoms with Gasteiger partial charge in [-0.1, -0.05) is 56.3 Å². The molecule has 6 nitrogen and oxygen atoms in total. The largest absolute Gasteiger partial charge is 0.323 e.